The van der Waals surface area contributed by atoms with Crippen LogP contribution in [0.5, 0.6) is 0 Å². The summed E-state index contributed by atoms with van der Waals surface area (Å²) in [5.41, 5.74) is 12.7. The van der Waals surface area contributed by atoms with Gasteiger partial charge < -0.3 is 5.73 Å². The second kappa shape index (κ2) is 5.36. The van der Waals surface area contributed by atoms with Crippen molar-refractivity contribution >= 4 is 0 Å². The van der Waals surface area contributed by atoms with Crippen molar-refractivity contribution in [3.63, 3.8) is 0 Å². The van der Waals surface area contributed by atoms with Crippen LogP contribution in [0, 0.1) is 20.8 Å². The zero-order valence-electron chi connectivity index (χ0n) is 11.4. The molecule has 0 saturated carbocycles. The summed E-state index contributed by atoms with van der Waals surface area (Å²) < 4.78 is 0. The molecule has 94 valence electrons. The van der Waals surface area contributed by atoms with E-state index >= 15 is 0 Å². The molecule has 1 atom stereocenters. The SMILES string of the molecule is Cc1cc(C)c(C(CN)c2ccccc2)cc1C. The third-order valence-electron chi connectivity index (χ3n) is 3.70. The smallest absolute Gasteiger partial charge is 0.0215 e. The minimum atomic E-state index is 0.297. The molecule has 0 aliphatic carbocycles. The highest BCUT2D eigenvalue weighted by molar-refractivity contribution is 5.43. The van der Waals surface area contributed by atoms with Gasteiger partial charge in [0.25, 0.3) is 0 Å². The highest BCUT2D eigenvalue weighted by Gasteiger charge is 2.15. The third kappa shape index (κ3) is 2.46. The topological polar surface area (TPSA) is 26.0 Å². The van der Waals surface area contributed by atoms with Crippen molar-refractivity contribution in [2.75, 3.05) is 6.54 Å². The van der Waals surface area contributed by atoms with Gasteiger partial charge in [0.15, 0.2) is 0 Å². The van der Waals surface area contributed by atoms with Gasteiger partial charge in [0, 0.05) is 12.5 Å². The average molecular weight is 239 g/mol. The number of hydrogen-bond acceptors (Lipinski definition) is 1. The van der Waals surface area contributed by atoms with Crippen molar-refractivity contribution in [1.82, 2.24) is 0 Å². The van der Waals surface area contributed by atoms with Crippen LogP contribution in [0.25, 0.3) is 0 Å². The Morgan fingerprint density at radius 1 is 0.889 bits per heavy atom. The summed E-state index contributed by atoms with van der Waals surface area (Å²) in [4.78, 5) is 0. The fourth-order valence-corrected chi connectivity index (χ4v) is 2.49. The Morgan fingerprint density at radius 2 is 1.50 bits per heavy atom. The summed E-state index contributed by atoms with van der Waals surface area (Å²) >= 11 is 0. The fraction of sp³-hybridized carbons (Fsp3) is 0.294. The monoisotopic (exact) mass is 239 g/mol. The van der Waals surface area contributed by atoms with E-state index in [4.69, 9.17) is 5.73 Å². The van der Waals surface area contributed by atoms with Crippen molar-refractivity contribution in [1.29, 1.82) is 0 Å². The molecular formula is C17H21N. The van der Waals surface area contributed by atoms with Crippen molar-refractivity contribution in [2.45, 2.75) is 26.7 Å². The van der Waals surface area contributed by atoms with Crippen LogP contribution >= 0.6 is 0 Å². The zero-order valence-corrected chi connectivity index (χ0v) is 11.4. The average Bonchev–Trinajstić information content (AvgIpc) is 2.38. The summed E-state index contributed by atoms with van der Waals surface area (Å²) in [5.74, 6) is 0.297. The normalized spacial score (nSPS) is 12.4. The minimum absolute atomic E-state index is 0.297. The quantitative estimate of drug-likeness (QED) is 0.868. The standard InChI is InChI=1S/C17H21N/c1-12-9-14(3)16(10-13(12)2)17(11-18)15-7-5-4-6-8-15/h4-10,17H,11,18H2,1-3H3. The Labute approximate surface area is 110 Å². The molecule has 0 aromatic heterocycles. The van der Waals surface area contributed by atoms with E-state index in [1.807, 2.05) is 6.07 Å². The van der Waals surface area contributed by atoms with Crippen molar-refractivity contribution < 1.29 is 0 Å². The molecule has 2 N–H and O–H groups in total. The Balaban J connectivity index is 2.49. The van der Waals surface area contributed by atoms with Crippen molar-refractivity contribution in [3.8, 4) is 0 Å². The van der Waals surface area contributed by atoms with E-state index in [0.717, 1.165) is 0 Å². The molecular weight excluding hydrogens is 218 g/mol. The first-order valence-electron chi connectivity index (χ1n) is 6.46. The van der Waals surface area contributed by atoms with Crippen LogP contribution in [0.4, 0.5) is 0 Å². The summed E-state index contributed by atoms with van der Waals surface area (Å²) in [6.07, 6.45) is 0. The molecule has 0 radical (unpaired) electrons. The van der Waals surface area contributed by atoms with E-state index in [1.165, 1.54) is 27.8 Å². The van der Waals surface area contributed by atoms with Gasteiger partial charge >= 0.3 is 0 Å². The molecule has 0 heterocycles. The molecule has 0 aliphatic rings. The lowest BCUT2D eigenvalue weighted by Crippen LogP contribution is -2.15. The third-order valence-corrected chi connectivity index (χ3v) is 3.70. The van der Waals surface area contributed by atoms with Crippen LogP contribution in [0.1, 0.15) is 33.7 Å². The van der Waals surface area contributed by atoms with E-state index < -0.39 is 0 Å². The van der Waals surface area contributed by atoms with Gasteiger partial charge in [-0.1, -0.05) is 42.5 Å². The first-order chi connectivity index (χ1) is 8.63. The Hall–Kier alpha value is -1.60. The molecule has 1 unspecified atom stereocenters. The van der Waals surface area contributed by atoms with Crippen LogP contribution in [0.15, 0.2) is 42.5 Å². The number of nitrogens with two attached hydrogens (primary N) is 1. The zero-order chi connectivity index (χ0) is 13.1. The van der Waals surface area contributed by atoms with Gasteiger partial charge in [0.05, 0.1) is 0 Å². The molecule has 0 saturated heterocycles. The van der Waals surface area contributed by atoms with Crippen molar-refractivity contribution in [3.05, 3.63) is 70.3 Å². The summed E-state index contributed by atoms with van der Waals surface area (Å²) in [6.45, 7) is 7.14. The molecule has 1 nitrogen and oxygen atoms in total. The lowest BCUT2D eigenvalue weighted by Gasteiger charge is -2.20. The van der Waals surface area contributed by atoms with Gasteiger partial charge in [0.1, 0.15) is 0 Å². The Kier molecular flexibility index (Phi) is 3.83. The largest absolute Gasteiger partial charge is 0.330 e. The van der Waals surface area contributed by atoms with Crippen LogP contribution < -0.4 is 5.73 Å². The maximum atomic E-state index is 5.99. The van der Waals surface area contributed by atoms with Gasteiger partial charge in [-0.2, -0.15) is 0 Å². The van der Waals surface area contributed by atoms with Crippen LogP contribution in [-0.2, 0) is 0 Å². The maximum Gasteiger partial charge on any atom is 0.0215 e. The molecule has 2 aromatic carbocycles. The molecule has 0 spiro atoms. The van der Waals surface area contributed by atoms with Crippen molar-refractivity contribution in [2.24, 2.45) is 5.73 Å². The van der Waals surface area contributed by atoms with E-state index in [0.29, 0.717) is 12.5 Å². The summed E-state index contributed by atoms with van der Waals surface area (Å²) in [7, 11) is 0. The van der Waals surface area contributed by atoms with E-state index in [-0.39, 0.29) is 0 Å². The number of rotatable bonds is 3. The lowest BCUT2D eigenvalue weighted by atomic mass is 9.86. The first-order valence-corrected chi connectivity index (χ1v) is 6.46. The van der Waals surface area contributed by atoms with Gasteiger partial charge in [-0.05, 0) is 48.6 Å². The second-order valence-electron chi connectivity index (χ2n) is 4.99. The predicted molar refractivity (Wildman–Crippen MR) is 78.0 cm³/mol. The summed E-state index contributed by atoms with van der Waals surface area (Å²) in [6, 6.07) is 15.1. The Bertz CT molecular complexity index is 529. The van der Waals surface area contributed by atoms with Gasteiger partial charge in [-0.3, -0.25) is 0 Å². The highest BCUT2D eigenvalue weighted by atomic mass is 14.5. The van der Waals surface area contributed by atoms with Gasteiger partial charge in [-0.25, -0.2) is 0 Å². The number of benzene rings is 2. The van der Waals surface area contributed by atoms with E-state index in [9.17, 15) is 0 Å². The van der Waals surface area contributed by atoms with Crippen LogP contribution in [-0.4, -0.2) is 6.54 Å². The molecule has 0 amide bonds. The second-order valence-corrected chi connectivity index (χ2v) is 4.99. The van der Waals surface area contributed by atoms with Gasteiger partial charge in [0.2, 0.25) is 0 Å². The minimum Gasteiger partial charge on any atom is -0.330 e. The molecule has 1 heteroatoms. The molecule has 0 fully saturated rings. The first kappa shape index (κ1) is 12.8. The Morgan fingerprint density at radius 3 is 2.11 bits per heavy atom. The molecule has 0 bridgehead atoms. The molecule has 2 rings (SSSR count). The number of hydrogen-bond donors (Lipinski definition) is 1. The van der Waals surface area contributed by atoms with Crippen LogP contribution in [0.2, 0.25) is 0 Å². The van der Waals surface area contributed by atoms with E-state index in [2.05, 4.69) is 57.2 Å². The molecule has 0 aliphatic heterocycles. The fourth-order valence-electron chi connectivity index (χ4n) is 2.49. The van der Waals surface area contributed by atoms with E-state index in [1.54, 1.807) is 0 Å². The predicted octanol–water partition coefficient (Wildman–Crippen LogP) is 3.70. The number of aryl methyl sites for hydroxylation is 3. The molecule has 2 aromatic rings. The van der Waals surface area contributed by atoms with Crippen LogP contribution in [0.3, 0.4) is 0 Å². The highest BCUT2D eigenvalue weighted by Crippen LogP contribution is 2.28. The summed E-state index contributed by atoms with van der Waals surface area (Å²) in [5, 5.41) is 0. The molecule has 18 heavy (non-hydrogen) atoms. The van der Waals surface area contributed by atoms with Gasteiger partial charge in [-0.15, -0.1) is 0 Å². The lowest BCUT2D eigenvalue weighted by molar-refractivity contribution is 0.810. The maximum absolute atomic E-state index is 5.99.